The summed E-state index contributed by atoms with van der Waals surface area (Å²) in [5.41, 5.74) is 1.32. The minimum absolute atomic E-state index is 0.307. The number of halogens is 1. The predicted molar refractivity (Wildman–Crippen MR) is 49.3 cm³/mol. The lowest BCUT2D eigenvalue weighted by atomic mass is 10.1. The van der Waals surface area contributed by atoms with Crippen LogP contribution in [0, 0.1) is 5.82 Å². The van der Waals surface area contributed by atoms with Crippen molar-refractivity contribution < 1.29 is 9.13 Å². The predicted octanol–water partition coefficient (Wildman–Crippen LogP) is 2.88. The molecule has 1 aliphatic rings. The lowest BCUT2D eigenvalue weighted by Gasteiger charge is -2.15. The van der Waals surface area contributed by atoms with Crippen molar-refractivity contribution in [3.05, 3.63) is 36.2 Å². The summed E-state index contributed by atoms with van der Waals surface area (Å²) in [5.74, 6) is 0.671. The van der Waals surface area contributed by atoms with Crippen LogP contribution in [-0.2, 0) is 4.74 Å². The molecular weight excluding hydrogens is 169 g/mol. The first-order valence-corrected chi connectivity index (χ1v) is 3.89. The van der Waals surface area contributed by atoms with Crippen LogP contribution in [0.5, 0.6) is 0 Å². The van der Waals surface area contributed by atoms with Gasteiger partial charge in [-0.3, -0.25) is 0 Å². The van der Waals surface area contributed by atoms with Crippen molar-refractivity contribution in [2.75, 3.05) is 0 Å². The molecule has 0 unspecified atom stereocenters. The summed E-state index contributed by atoms with van der Waals surface area (Å²) in [4.78, 5) is 4.10. The summed E-state index contributed by atoms with van der Waals surface area (Å²) >= 11 is 0. The van der Waals surface area contributed by atoms with Gasteiger partial charge < -0.3 is 4.74 Å². The lowest BCUT2D eigenvalue weighted by Crippen LogP contribution is -2.04. The molecule has 0 aliphatic carbocycles. The number of hydrogen-bond donors (Lipinski definition) is 0. The quantitative estimate of drug-likeness (QED) is 0.597. The Morgan fingerprint density at radius 3 is 3.00 bits per heavy atom. The van der Waals surface area contributed by atoms with Crippen molar-refractivity contribution in [3.8, 4) is 0 Å². The van der Waals surface area contributed by atoms with Gasteiger partial charge in [0.05, 0.1) is 5.69 Å². The van der Waals surface area contributed by atoms with Crippen LogP contribution in [0.3, 0.4) is 0 Å². The first kappa shape index (κ1) is 7.98. The first-order valence-electron chi connectivity index (χ1n) is 3.89. The minimum atomic E-state index is -0.307. The van der Waals surface area contributed by atoms with Crippen LogP contribution in [-0.4, -0.2) is 5.90 Å². The van der Waals surface area contributed by atoms with Gasteiger partial charge in [0.2, 0.25) is 0 Å². The second kappa shape index (κ2) is 2.69. The van der Waals surface area contributed by atoms with Crippen molar-refractivity contribution in [3.63, 3.8) is 0 Å². The molecule has 1 aliphatic heterocycles. The molecule has 0 saturated carbocycles. The molecule has 0 amide bonds. The van der Waals surface area contributed by atoms with Gasteiger partial charge in [-0.2, -0.15) is 0 Å². The molecule has 2 nitrogen and oxygen atoms in total. The van der Waals surface area contributed by atoms with Crippen molar-refractivity contribution in [2.45, 2.75) is 6.92 Å². The van der Waals surface area contributed by atoms with Gasteiger partial charge in [-0.15, -0.1) is 0 Å². The third kappa shape index (κ3) is 1.33. The van der Waals surface area contributed by atoms with Crippen LogP contribution in [0.1, 0.15) is 12.5 Å². The van der Waals surface area contributed by atoms with Crippen molar-refractivity contribution in [1.29, 1.82) is 0 Å². The SMILES string of the molecule is C=C1OC(C)=Nc2ccc(F)cc21. The lowest BCUT2D eigenvalue weighted by molar-refractivity contribution is 0.498. The normalized spacial score (nSPS) is 14.6. The highest BCUT2D eigenvalue weighted by molar-refractivity contribution is 5.89. The number of benzene rings is 1. The van der Waals surface area contributed by atoms with Crippen LogP contribution >= 0.6 is 0 Å². The van der Waals surface area contributed by atoms with Crippen molar-refractivity contribution in [1.82, 2.24) is 0 Å². The van der Waals surface area contributed by atoms with Crippen LogP contribution in [0.4, 0.5) is 10.1 Å². The molecule has 0 bridgehead atoms. The van der Waals surface area contributed by atoms with E-state index in [1.807, 2.05) is 0 Å². The van der Waals surface area contributed by atoms with Gasteiger partial charge in [0.1, 0.15) is 11.6 Å². The minimum Gasteiger partial charge on any atom is -0.443 e. The zero-order valence-corrected chi connectivity index (χ0v) is 7.17. The molecule has 0 N–H and O–H groups in total. The van der Waals surface area contributed by atoms with E-state index in [0.717, 1.165) is 0 Å². The average Bonchev–Trinajstić information content (AvgIpc) is 2.06. The Balaban J connectivity index is 2.63. The number of rotatable bonds is 0. The molecule has 0 spiro atoms. The maximum absolute atomic E-state index is 12.8. The fourth-order valence-corrected chi connectivity index (χ4v) is 1.25. The van der Waals surface area contributed by atoms with E-state index in [2.05, 4.69) is 11.6 Å². The molecule has 0 radical (unpaired) electrons. The molecule has 1 heterocycles. The summed E-state index contributed by atoms with van der Waals surface area (Å²) in [5, 5.41) is 0. The summed E-state index contributed by atoms with van der Waals surface area (Å²) in [6, 6.07) is 4.35. The molecule has 1 aromatic rings. The maximum atomic E-state index is 12.8. The molecular formula is C10H8FNO. The van der Waals surface area contributed by atoms with Crippen LogP contribution in [0.25, 0.3) is 5.76 Å². The van der Waals surface area contributed by atoms with Crippen LogP contribution < -0.4 is 0 Å². The Bertz CT molecular complexity index is 409. The van der Waals surface area contributed by atoms with E-state index in [1.165, 1.54) is 12.1 Å². The summed E-state index contributed by atoms with van der Waals surface area (Å²) in [6.07, 6.45) is 0. The Kier molecular flexibility index (Phi) is 1.65. The van der Waals surface area contributed by atoms with Crippen LogP contribution in [0.15, 0.2) is 29.8 Å². The van der Waals surface area contributed by atoms with Gasteiger partial charge in [0, 0.05) is 12.5 Å². The fourth-order valence-electron chi connectivity index (χ4n) is 1.25. The largest absolute Gasteiger partial charge is 0.443 e. The molecule has 13 heavy (non-hydrogen) atoms. The maximum Gasteiger partial charge on any atom is 0.192 e. The summed E-state index contributed by atoms with van der Waals surface area (Å²) in [7, 11) is 0. The van der Waals surface area contributed by atoms with E-state index in [0.29, 0.717) is 22.9 Å². The Labute approximate surface area is 75.4 Å². The molecule has 0 atom stereocenters. The molecule has 3 heteroatoms. The van der Waals surface area contributed by atoms with E-state index in [4.69, 9.17) is 4.74 Å². The van der Waals surface area contributed by atoms with Crippen LogP contribution in [0.2, 0.25) is 0 Å². The van der Waals surface area contributed by atoms with E-state index < -0.39 is 0 Å². The average molecular weight is 177 g/mol. The Morgan fingerprint density at radius 1 is 1.46 bits per heavy atom. The van der Waals surface area contributed by atoms with Gasteiger partial charge in [-0.1, -0.05) is 6.58 Å². The molecule has 0 fully saturated rings. The van der Waals surface area contributed by atoms with Gasteiger partial charge in [-0.05, 0) is 18.2 Å². The highest BCUT2D eigenvalue weighted by atomic mass is 19.1. The highest BCUT2D eigenvalue weighted by Crippen LogP contribution is 2.31. The van der Waals surface area contributed by atoms with E-state index >= 15 is 0 Å². The standard InChI is InChI=1S/C10H8FNO/c1-6-9-5-8(11)3-4-10(9)12-7(2)13-6/h3-5H,1H2,2H3. The second-order valence-corrected chi connectivity index (χ2v) is 2.82. The third-order valence-electron chi connectivity index (χ3n) is 1.81. The summed E-state index contributed by atoms with van der Waals surface area (Å²) in [6.45, 7) is 5.41. The first-order chi connectivity index (χ1) is 6.16. The second-order valence-electron chi connectivity index (χ2n) is 2.82. The van der Waals surface area contributed by atoms with Gasteiger partial charge >= 0.3 is 0 Å². The van der Waals surface area contributed by atoms with E-state index in [-0.39, 0.29) is 5.82 Å². The van der Waals surface area contributed by atoms with Gasteiger partial charge in [-0.25, -0.2) is 9.38 Å². The molecule has 0 aromatic heterocycles. The highest BCUT2D eigenvalue weighted by Gasteiger charge is 2.14. The number of ether oxygens (including phenoxy) is 1. The third-order valence-corrected chi connectivity index (χ3v) is 1.81. The molecule has 1 aromatic carbocycles. The fraction of sp³-hybridized carbons (Fsp3) is 0.100. The smallest absolute Gasteiger partial charge is 0.192 e. The Hall–Kier alpha value is -1.64. The molecule has 0 saturated heterocycles. The zero-order valence-electron chi connectivity index (χ0n) is 7.17. The molecule has 2 rings (SSSR count). The topological polar surface area (TPSA) is 21.6 Å². The van der Waals surface area contributed by atoms with Crippen molar-refractivity contribution >= 4 is 17.3 Å². The number of aliphatic imine (C=N–C) groups is 1. The Morgan fingerprint density at radius 2 is 2.23 bits per heavy atom. The number of hydrogen-bond acceptors (Lipinski definition) is 2. The number of nitrogens with zero attached hydrogens (tertiary/aromatic N) is 1. The number of fused-ring (bicyclic) bond motifs is 1. The summed E-state index contributed by atoms with van der Waals surface area (Å²) < 4.78 is 18.0. The van der Waals surface area contributed by atoms with E-state index in [1.54, 1.807) is 13.0 Å². The van der Waals surface area contributed by atoms with Crippen molar-refractivity contribution in [2.24, 2.45) is 4.99 Å². The van der Waals surface area contributed by atoms with E-state index in [9.17, 15) is 4.39 Å². The van der Waals surface area contributed by atoms with Gasteiger partial charge in [0.25, 0.3) is 0 Å². The van der Waals surface area contributed by atoms with Gasteiger partial charge in [0.15, 0.2) is 5.90 Å². The molecule has 66 valence electrons. The monoisotopic (exact) mass is 177 g/mol. The zero-order chi connectivity index (χ0) is 9.42.